The summed E-state index contributed by atoms with van der Waals surface area (Å²) in [5.41, 5.74) is -0.427. The molecule has 1 aliphatic heterocycles. The van der Waals surface area contributed by atoms with Crippen molar-refractivity contribution in [2.75, 3.05) is 0 Å². The van der Waals surface area contributed by atoms with Crippen molar-refractivity contribution >= 4 is 5.97 Å². The minimum absolute atomic E-state index is 0.338. The summed E-state index contributed by atoms with van der Waals surface area (Å²) in [5.74, 6) is -0.986. The molecule has 4 nitrogen and oxygen atoms in total. The predicted molar refractivity (Wildman–Crippen MR) is 80.4 cm³/mol. The zero-order valence-electron chi connectivity index (χ0n) is 13.8. The first-order valence-electron chi connectivity index (χ1n) is 8.60. The maximum Gasteiger partial charge on any atom is 0.373 e. The summed E-state index contributed by atoms with van der Waals surface area (Å²) in [4.78, 5) is 22.4. The molecule has 0 atom stereocenters. The average Bonchev–Trinajstić information content (AvgIpc) is 3.25. The van der Waals surface area contributed by atoms with Gasteiger partial charge in [-0.2, -0.15) is 9.78 Å². The van der Waals surface area contributed by atoms with Crippen LogP contribution in [0.2, 0.25) is 0 Å². The van der Waals surface area contributed by atoms with Gasteiger partial charge in [-0.15, -0.1) is 0 Å². The minimum Gasteiger partial charge on any atom is -0.455 e. The van der Waals surface area contributed by atoms with Crippen LogP contribution in [0, 0.1) is 5.92 Å². The minimum atomic E-state index is -1.10. The molecule has 122 valence electrons. The third-order valence-electron chi connectivity index (χ3n) is 4.90. The molecule has 1 heterocycles. The normalized spacial score (nSPS) is 22.0. The van der Waals surface area contributed by atoms with Crippen molar-refractivity contribution in [3.63, 3.8) is 0 Å². The third-order valence-corrected chi connectivity index (χ3v) is 4.90. The molecular formula is C17H30O4. The second-order valence-electron chi connectivity index (χ2n) is 7.06. The molecule has 1 aliphatic carbocycles. The molecule has 1 saturated carbocycles. The summed E-state index contributed by atoms with van der Waals surface area (Å²) in [5, 5.41) is 0. The number of rotatable bonds is 8. The first-order valence-corrected chi connectivity index (χ1v) is 8.60. The second-order valence-corrected chi connectivity index (χ2v) is 7.06. The van der Waals surface area contributed by atoms with Gasteiger partial charge < -0.3 is 4.74 Å². The third kappa shape index (κ3) is 4.43. The number of ether oxygens (including phenoxy) is 1. The van der Waals surface area contributed by atoms with Gasteiger partial charge in [-0.3, -0.25) is 0 Å². The molecule has 0 unspecified atom stereocenters. The highest BCUT2D eigenvalue weighted by molar-refractivity contribution is 5.79. The van der Waals surface area contributed by atoms with E-state index in [4.69, 9.17) is 14.5 Å². The van der Waals surface area contributed by atoms with Gasteiger partial charge in [0.2, 0.25) is 0 Å². The Morgan fingerprint density at radius 2 is 1.81 bits per heavy atom. The topological polar surface area (TPSA) is 51.4 Å². The maximum absolute atomic E-state index is 12.4. The zero-order chi connectivity index (χ0) is 15.3. The van der Waals surface area contributed by atoms with Crippen molar-refractivity contribution in [2.24, 2.45) is 5.92 Å². The van der Waals surface area contributed by atoms with E-state index in [1.54, 1.807) is 0 Å². The van der Waals surface area contributed by atoms with Crippen LogP contribution >= 0.6 is 0 Å². The second kappa shape index (κ2) is 7.10. The van der Waals surface area contributed by atoms with Crippen LogP contribution in [-0.2, 0) is 19.3 Å². The molecule has 0 aromatic carbocycles. The molecule has 0 amide bonds. The summed E-state index contributed by atoms with van der Waals surface area (Å²) < 4.78 is 5.77. The van der Waals surface area contributed by atoms with Crippen molar-refractivity contribution in [2.45, 2.75) is 96.4 Å². The molecule has 21 heavy (non-hydrogen) atoms. The summed E-state index contributed by atoms with van der Waals surface area (Å²) in [6, 6.07) is 0. The van der Waals surface area contributed by atoms with Crippen molar-refractivity contribution in [1.29, 1.82) is 0 Å². The molecule has 2 rings (SSSR count). The summed E-state index contributed by atoms with van der Waals surface area (Å²) in [6.07, 6.45) is 11.1. The molecule has 4 heteroatoms. The lowest BCUT2D eigenvalue weighted by molar-refractivity contribution is -0.171. The number of hydrogen-bond acceptors (Lipinski definition) is 4. The van der Waals surface area contributed by atoms with E-state index in [1.807, 2.05) is 13.8 Å². The highest BCUT2D eigenvalue weighted by Gasteiger charge is 2.59. The van der Waals surface area contributed by atoms with Gasteiger partial charge in [-0.1, -0.05) is 45.4 Å². The molecule has 0 N–H and O–H groups in total. The lowest BCUT2D eigenvalue weighted by atomic mass is 9.78. The molecule has 2 fully saturated rings. The monoisotopic (exact) mass is 298 g/mol. The lowest BCUT2D eigenvalue weighted by Crippen LogP contribution is -2.42. The van der Waals surface area contributed by atoms with E-state index in [2.05, 4.69) is 6.92 Å². The van der Waals surface area contributed by atoms with E-state index >= 15 is 0 Å². The highest BCUT2D eigenvalue weighted by atomic mass is 17.4. The SMILES string of the molecule is CCCCCCC1(C(=O)OC(C)(C)C2CCCCC2)OO1. The van der Waals surface area contributed by atoms with Crippen LogP contribution in [0.5, 0.6) is 0 Å². The van der Waals surface area contributed by atoms with Crippen LogP contribution < -0.4 is 0 Å². The molecule has 0 aromatic heterocycles. The van der Waals surface area contributed by atoms with E-state index in [-0.39, 0.29) is 5.97 Å². The Balaban J connectivity index is 1.82. The van der Waals surface area contributed by atoms with Crippen LogP contribution in [0.4, 0.5) is 0 Å². The molecule has 0 radical (unpaired) electrons. The Kier molecular flexibility index (Phi) is 5.67. The van der Waals surface area contributed by atoms with Crippen molar-refractivity contribution in [3.8, 4) is 0 Å². The lowest BCUT2D eigenvalue weighted by Gasteiger charge is -2.36. The van der Waals surface area contributed by atoms with Gasteiger partial charge in [0.05, 0.1) is 0 Å². The van der Waals surface area contributed by atoms with Crippen molar-refractivity contribution in [1.82, 2.24) is 0 Å². The molecule has 2 aliphatic rings. The summed E-state index contributed by atoms with van der Waals surface area (Å²) >= 11 is 0. The Hall–Kier alpha value is -0.610. The molecular weight excluding hydrogens is 268 g/mol. The largest absolute Gasteiger partial charge is 0.455 e. The molecule has 0 bridgehead atoms. The van der Waals surface area contributed by atoms with Gasteiger partial charge in [0.15, 0.2) is 0 Å². The van der Waals surface area contributed by atoms with Gasteiger partial charge in [-0.25, -0.2) is 4.79 Å². The zero-order valence-corrected chi connectivity index (χ0v) is 13.8. The fourth-order valence-electron chi connectivity index (χ4n) is 3.29. The van der Waals surface area contributed by atoms with Crippen LogP contribution in [0.3, 0.4) is 0 Å². The van der Waals surface area contributed by atoms with E-state index in [9.17, 15) is 4.79 Å². The Bertz CT molecular complexity index is 341. The number of esters is 1. The predicted octanol–water partition coefficient (Wildman–Crippen LogP) is 4.52. The summed E-state index contributed by atoms with van der Waals surface area (Å²) in [7, 11) is 0. The highest BCUT2D eigenvalue weighted by Crippen LogP contribution is 2.40. The Morgan fingerprint density at radius 3 is 2.38 bits per heavy atom. The fourth-order valence-corrected chi connectivity index (χ4v) is 3.29. The smallest absolute Gasteiger partial charge is 0.373 e. The average molecular weight is 298 g/mol. The van der Waals surface area contributed by atoms with E-state index in [0.717, 1.165) is 25.7 Å². The first kappa shape index (κ1) is 16.8. The number of unbranched alkanes of at least 4 members (excludes halogenated alkanes) is 3. The van der Waals surface area contributed by atoms with Gasteiger partial charge in [-0.05, 0) is 39.0 Å². The maximum atomic E-state index is 12.4. The first-order chi connectivity index (χ1) is 10.0. The van der Waals surface area contributed by atoms with E-state index < -0.39 is 11.4 Å². The quantitative estimate of drug-likeness (QED) is 0.286. The van der Waals surface area contributed by atoms with Crippen LogP contribution in [0.25, 0.3) is 0 Å². The van der Waals surface area contributed by atoms with Crippen LogP contribution in [0.1, 0.15) is 85.0 Å². The Morgan fingerprint density at radius 1 is 1.14 bits per heavy atom. The number of carbonyl (C=O) groups excluding carboxylic acids is 1. The van der Waals surface area contributed by atoms with Gasteiger partial charge in [0.1, 0.15) is 5.60 Å². The van der Waals surface area contributed by atoms with Crippen molar-refractivity contribution in [3.05, 3.63) is 0 Å². The standard InChI is InChI=1S/C17H30O4/c1-4-5-6-10-13-17(20-21-17)15(18)19-16(2,3)14-11-8-7-9-12-14/h14H,4-13H2,1-3H3. The van der Waals surface area contributed by atoms with Gasteiger partial charge in [0, 0.05) is 6.42 Å². The van der Waals surface area contributed by atoms with Crippen LogP contribution in [0.15, 0.2) is 0 Å². The van der Waals surface area contributed by atoms with E-state index in [0.29, 0.717) is 12.3 Å². The fraction of sp³-hybridized carbons (Fsp3) is 0.941. The van der Waals surface area contributed by atoms with Gasteiger partial charge >= 0.3 is 11.8 Å². The van der Waals surface area contributed by atoms with Gasteiger partial charge in [0.25, 0.3) is 0 Å². The number of carbonyl (C=O) groups is 1. The molecule has 0 spiro atoms. The summed E-state index contributed by atoms with van der Waals surface area (Å²) in [6.45, 7) is 6.21. The van der Waals surface area contributed by atoms with Crippen LogP contribution in [-0.4, -0.2) is 17.4 Å². The van der Waals surface area contributed by atoms with Crippen molar-refractivity contribution < 1.29 is 19.3 Å². The Labute approximate surface area is 128 Å². The van der Waals surface area contributed by atoms with E-state index in [1.165, 1.54) is 32.1 Å². The molecule has 1 saturated heterocycles. The molecule has 0 aromatic rings. The number of hydrogen-bond donors (Lipinski definition) is 0.